The van der Waals surface area contributed by atoms with E-state index in [9.17, 15) is 14.8 Å². The number of amides is 1. The van der Waals surface area contributed by atoms with E-state index >= 15 is 0 Å². The molecule has 6 atom stereocenters. The number of hydrogen-bond acceptors (Lipinski definition) is 6. The summed E-state index contributed by atoms with van der Waals surface area (Å²) in [5.74, 6) is 2.62. The van der Waals surface area contributed by atoms with Crippen molar-refractivity contribution in [3.63, 3.8) is 0 Å². The molecule has 6 nitrogen and oxygen atoms in total. The van der Waals surface area contributed by atoms with Gasteiger partial charge in [0, 0.05) is 19.0 Å². The van der Waals surface area contributed by atoms with Crippen LogP contribution in [0.2, 0.25) is 0 Å². The molecule has 8 heteroatoms. The lowest BCUT2D eigenvalue weighted by Gasteiger charge is -2.45. The number of rotatable bonds is 4. The molecule has 2 aliphatic heterocycles. The molecule has 0 bridgehead atoms. The van der Waals surface area contributed by atoms with Gasteiger partial charge in [-0.3, -0.25) is 4.79 Å². The molecule has 2 saturated carbocycles. The standard InChI is InChI=1S/C21H37BN2O4S/c23-13-14-3-1-4-16(11-14)15-7-9-24(10-8-15)21(25)17-5-2-6-19-18(17)12-20(22(26)27)29-28-19/h14-20,26-27H,1-13,23H2. The first-order valence-corrected chi connectivity index (χ1v) is 12.5. The fourth-order valence-electron chi connectivity index (χ4n) is 6.39. The molecule has 1 amide bonds. The summed E-state index contributed by atoms with van der Waals surface area (Å²) in [6.07, 6.45) is 11.1. The molecule has 2 heterocycles. The Labute approximate surface area is 179 Å². The topological polar surface area (TPSA) is 96.0 Å². The first-order valence-electron chi connectivity index (χ1n) is 11.7. The maximum Gasteiger partial charge on any atom is 0.467 e. The van der Waals surface area contributed by atoms with Gasteiger partial charge in [-0.15, -0.1) is 0 Å². The Morgan fingerprint density at radius 3 is 2.52 bits per heavy atom. The molecule has 164 valence electrons. The summed E-state index contributed by atoms with van der Waals surface area (Å²) in [5.41, 5.74) is 5.93. The van der Waals surface area contributed by atoms with Crippen LogP contribution in [0.3, 0.4) is 0 Å². The zero-order valence-electron chi connectivity index (χ0n) is 17.5. The number of fused-ring (bicyclic) bond motifs is 1. The summed E-state index contributed by atoms with van der Waals surface area (Å²) in [6.45, 7) is 2.58. The first kappa shape index (κ1) is 21.9. The van der Waals surface area contributed by atoms with Gasteiger partial charge in [-0.1, -0.05) is 19.3 Å². The van der Waals surface area contributed by atoms with E-state index in [4.69, 9.17) is 9.92 Å². The fraction of sp³-hybridized carbons (Fsp3) is 0.952. The number of carbonyl (C=O) groups is 1. The van der Waals surface area contributed by atoms with Crippen molar-refractivity contribution < 1.29 is 19.0 Å². The molecular weight excluding hydrogens is 387 g/mol. The van der Waals surface area contributed by atoms with Crippen LogP contribution in [0.4, 0.5) is 0 Å². The Morgan fingerprint density at radius 1 is 1.03 bits per heavy atom. The predicted molar refractivity (Wildman–Crippen MR) is 116 cm³/mol. The van der Waals surface area contributed by atoms with Gasteiger partial charge in [-0.2, -0.15) is 0 Å². The third-order valence-electron chi connectivity index (χ3n) is 8.13. The molecule has 6 unspecified atom stereocenters. The Bertz CT molecular complexity index is 561. The van der Waals surface area contributed by atoms with Crippen molar-refractivity contribution in [3.05, 3.63) is 0 Å². The van der Waals surface area contributed by atoms with Crippen molar-refractivity contribution in [1.82, 2.24) is 4.90 Å². The number of nitrogens with two attached hydrogens (primary N) is 1. The molecule has 4 N–H and O–H groups in total. The van der Waals surface area contributed by atoms with Gasteiger partial charge >= 0.3 is 7.12 Å². The smallest absolute Gasteiger partial charge is 0.426 e. The summed E-state index contributed by atoms with van der Waals surface area (Å²) in [6, 6.07) is 0. The molecule has 0 spiro atoms. The maximum atomic E-state index is 13.4. The molecule has 0 aromatic carbocycles. The quantitative estimate of drug-likeness (QED) is 0.473. The van der Waals surface area contributed by atoms with Crippen molar-refractivity contribution in [2.24, 2.45) is 35.3 Å². The van der Waals surface area contributed by atoms with Crippen LogP contribution in [0.5, 0.6) is 0 Å². The van der Waals surface area contributed by atoms with Crippen LogP contribution in [0, 0.1) is 29.6 Å². The average Bonchev–Trinajstić information content (AvgIpc) is 2.78. The van der Waals surface area contributed by atoms with Gasteiger partial charge in [-0.05, 0) is 87.2 Å². The highest BCUT2D eigenvalue weighted by Gasteiger charge is 2.46. The molecular formula is C21H37BN2O4S. The zero-order valence-corrected chi connectivity index (χ0v) is 18.3. The molecule has 2 aliphatic carbocycles. The van der Waals surface area contributed by atoms with Crippen molar-refractivity contribution in [2.45, 2.75) is 75.5 Å². The summed E-state index contributed by atoms with van der Waals surface area (Å²) in [4.78, 5) is 15.5. The molecule has 0 radical (unpaired) electrons. The van der Waals surface area contributed by atoms with Crippen LogP contribution in [-0.2, 0) is 8.98 Å². The van der Waals surface area contributed by atoms with E-state index in [0.717, 1.165) is 63.6 Å². The van der Waals surface area contributed by atoms with Crippen LogP contribution < -0.4 is 5.73 Å². The second-order valence-corrected chi connectivity index (χ2v) is 10.8. The Morgan fingerprint density at radius 2 is 1.79 bits per heavy atom. The van der Waals surface area contributed by atoms with Crippen LogP contribution >= 0.6 is 12.0 Å². The van der Waals surface area contributed by atoms with Gasteiger partial charge < -0.3 is 24.9 Å². The van der Waals surface area contributed by atoms with E-state index in [0.29, 0.717) is 12.3 Å². The minimum Gasteiger partial charge on any atom is -0.426 e. The molecule has 29 heavy (non-hydrogen) atoms. The van der Waals surface area contributed by atoms with Gasteiger partial charge in [0.05, 0.1) is 11.3 Å². The minimum absolute atomic E-state index is 0.0243. The summed E-state index contributed by atoms with van der Waals surface area (Å²) < 4.78 is 5.86. The van der Waals surface area contributed by atoms with Crippen LogP contribution in [-0.4, -0.2) is 58.9 Å². The number of nitrogens with zero attached hydrogens (tertiary/aromatic N) is 1. The third-order valence-corrected chi connectivity index (χ3v) is 9.17. The van der Waals surface area contributed by atoms with Gasteiger partial charge in [0.2, 0.25) is 5.91 Å². The van der Waals surface area contributed by atoms with Crippen molar-refractivity contribution in [1.29, 1.82) is 0 Å². The highest BCUT2D eigenvalue weighted by atomic mass is 32.2. The number of hydrogen-bond donors (Lipinski definition) is 3. The van der Waals surface area contributed by atoms with E-state index in [2.05, 4.69) is 4.90 Å². The summed E-state index contributed by atoms with van der Waals surface area (Å²) in [7, 11) is -1.39. The van der Waals surface area contributed by atoms with Gasteiger partial charge in [0.25, 0.3) is 0 Å². The lowest BCUT2D eigenvalue weighted by molar-refractivity contribution is -0.142. The lowest BCUT2D eigenvalue weighted by Crippen LogP contribution is -2.50. The van der Waals surface area contributed by atoms with Crippen LogP contribution in [0.25, 0.3) is 0 Å². The number of carbonyl (C=O) groups excluding carboxylic acids is 1. The van der Waals surface area contributed by atoms with E-state index in [1.165, 1.54) is 37.7 Å². The van der Waals surface area contributed by atoms with Gasteiger partial charge in [-0.25, -0.2) is 0 Å². The lowest BCUT2D eigenvalue weighted by atomic mass is 9.69. The maximum absolute atomic E-state index is 13.4. The van der Waals surface area contributed by atoms with Crippen LogP contribution in [0.15, 0.2) is 0 Å². The average molecular weight is 424 g/mol. The molecule has 4 rings (SSSR count). The van der Waals surface area contributed by atoms with Gasteiger partial charge in [0.15, 0.2) is 0 Å². The molecule has 4 aliphatic rings. The molecule has 4 fully saturated rings. The predicted octanol–water partition coefficient (Wildman–Crippen LogP) is 2.22. The highest BCUT2D eigenvalue weighted by molar-refractivity contribution is 7.96. The molecule has 2 saturated heterocycles. The van der Waals surface area contributed by atoms with Gasteiger partial charge in [0.1, 0.15) is 0 Å². The van der Waals surface area contributed by atoms with Crippen LogP contribution in [0.1, 0.15) is 64.2 Å². The highest BCUT2D eigenvalue weighted by Crippen LogP contribution is 2.45. The second kappa shape index (κ2) is 9.90. The zero-order chi connectivity index (χ0) is 20.4. The largest absolute Gasteiger partial charge is 0.467 e. The number of piperidine rings is 1. The Balaban J connectivity index is 1.33. The SMILES string of the molecule is NCC1CCCC(C2CCN(C(=O)C3CCCC4OSC(B(O)O)CC43)CC2)C1. The summed E-state index contributed by atoms with van der Waals surface area (Å²) >= 11 is 1.19. The van der Waals surface area contributed by atoms with E-state index < -0.39 is 7.12 Å². The Kier molecular flexibility index (Phi) is 7.49. The van der Waals surface area contributed by atoms with Crippen molar-refractivity contribution in [3.8, 4) is 0 Å². The normalized spacial score (nSPS) is 39.1. The van der Waals surface area contributed by atoms with Crippen molar-refractivity contribution >= 4 is 25.1 Å². The first-order chi connectivity index (χ1) is 14.1. The molecule has 0 aromatic rings. The second-order valence-electron chi connectivity index (χ2n) is 9.81. The van der Waals surface area contributed by atoms with E-state index in [1.54, 1.807) is 0 Å². The monoisotopic (exact) mass is 424 g/mol. The third kappa shape index (κ3) is 4.98. The summed E-state index contributed by atoms with van der Waals surface area (Å²) in [5, 5.41) is 18.8. The molecule has 0 aromatic heterocycles. The minimum atomic E-state index is -1.39. The van der Waals surface area contributed by atoms with E-state index in [-0.39, 0.29) is 29.0 Å². The number of likely N-dealkylation sites (tertiary alicyclic amines) is 1. The fourth-order valence-corrected chi connectivity index (χ4v) is 7.32. The van der Waals surface area contributed by atoms with Crippen molar-refractivity contribution in [2.75, 3.05) is 19.6 Å². The van der Waals surface area contributed by atoms with E-state index in [1.807, 2.05) is 0 Å². The Hall–Kier alpha value is -0.275.